The van der Waals surface area contributed by atoms with E-state index in [9.17, 15) is 4.39 Å². The summed E-state index contributed by atoms with van der Waals surface area (Å²) >= 11 is 3.05. The van der Waals surface area contributed by atoms with Gasteiger partial charge in [-0.15, -0.1) is 12.4 Å². The van der Waals surface area contributed by atoms with Gasteiger partial charge in [-0.3, -0.25) is 0 Å². The van der Waals surface area contributed by atoms with Crippen molar-refractivity contribution in [2.75, 3.05) is 6.61 Å². The highest BCUT2D eigenvalue weighted by Crippen LogP contribution is 2.20. The lowest BCUT2D eigenvalue weighted by Gasteiger charge is -2.10. The Bertz CT molecular complexity index is 298. The molecule has 0 aromatic heterocycles. The van der Waals surface area contributed by atoms with E-state index in [0.717, 1.165) is 0 Å². The molecule has 3 N–H and O–H groups in total. The van der Waals surface area contributed by atoms with Gasteiger partial charge >= 0.3 is 0 Å². The van der Waals surface area contributed by atoms with E-state index in [1.807, 2.05) is 0 Å². The van der Waals surface area contributed by atoms with E-state index in [2.05, 4.69) is 15.9 Å². The van der Waals surface area contributed by atoms with E-state index >= 15 is 0 Å². The van der Waals surface area contributed by atoms with Crippen molar-refractivity contribution < 1.29 is 9.50 Å². The third kappa shape index (κ3) is 3.53. The Morgan fingerprint density at radius 3 is 2.64 bits per heavy atom. The van der Waals surface area contributed by atoms with Crippen molar-refractivity contribution in [3.05, 3.63) is 34.1 Å². The Balaban J connectivity index is 0.00000169. The second kappa shape index (κ2) is 6.35. The maximum atomic E-state index is 13.0. The smallest absolute Gasteiger partial charge is 0.137 e. The fourth-order valence-electron chi connectivity index (χ4n) is 1.05. The van der Waals surface area contributed by atoms with Crippen LogP contribution in [0.25, 0.3) is 0 Å². The molecule has 80 valence electrons. The molecular weight excluding hydrogens is 272 g/mol. The van der Waals surface area contributed by atoms with Gasteiger partial charge in [0.25, 0.3) is 0 Å². The summed E-state index contributed by atoms with van der Waals surface area (Å²) in [4.78, 5) is 0. The first kappa shape index (κ1) is 13.8. The van der Waals surface area contributed by atoms with Crippen LogP contribution in [0.4, 0.5) is 4.39 Å². The molecule has 2 nitrogen and oxygen atoms in total. The molecule has 0 fully saturated rings. The first-order chi connectivity index (χ1) is 6.15. The summed E-state index contributed by atoms with van der Waals surface area (Å²) in [7, 11) is 0. The van der Waals surface area contributed by atoms with Gasteiger partial charge in [0.1, 0.15) is 5.82 Å². The van der Waals surface area contributed by atoms with Crippen LogP contribution in [-0.4, -0.2) is 11.7 Å². The first-order valence-electron chi connectivity index (χ1n) is 3.96. The summed E-state index contributed by atoms with van der Waals surface area (Å²) in [5.74, 6) is -0.328. The predicted octanol–water partition coefficient (Wildman–Crippen LogP) is 2.39. The van der Waals surface area contributed by atoms with E-state index in [4.69, 9.17) is 10.8 Å². The van der Waals surface area contributed by atoms with Crippen LogP contribution < -0.4 is 5.73 Å². The van der Waals surface area contributed by atoms with Gasteiger partial charge in [0, 0.05) is 12.6 Å². The third-order valence-corrected chi connectivity index (χ3v) is 2.46. The molecule has 1 aromatic carbocycles. The van der Waals surface area contributed by atoms with Gasteiger partial charge in [0.15, 0.2) is 0 Å². The van der Waals surface area contributed by atoms with Gasteiger partial charge in [0.2, 0.25) is 0 Å². The molecule has 0 aliphatic carbocycles. The van der Waals surface area contributed by atoms with Gasteiger partial charge in [-0.2, -0.15) is 0 Å². The standard InChI is InChI=1S/C9H11BrFNO.ClH/c10-7-2-1-6(5-8(7)11)9(12)3-4-13;/h1-2,5,9,13H,3-4,12H2;1H/t9-;/m1./s1. The summed E-state index contributed by atoms with van der Waals surface area (Å²) in [6.07, 6.45) is 0.446. The van der Waals surface area contributed by atoms with Gasteiger partial charge in [0.05, 0.1) is 4.47 Å². The molecule has 0 heterocycles. The van der Waals surface area contributed by atoms with Crippen LogP contribution in [0, 0.1) is 5.82 Å². The first-order valence-corrected chi connectivity index (χ1v) is 4.76. The van der Waals surface area contributed by atoms with Crippen LogP contribution in [0.15, 0.2) is 22.7 Å². The van der Waals surface area contributed by atoms with E-state index in [1.54, 1.807) is 12.1 Å². The Labute approximate surface area is 96.8 Å². The van der Waals surface area contributed by atoms with Crippen molar-refractivity contribution in [1.29, 1.82) is 0 Å². The normalized spacial score (nSPS) is 12.0. The fourth-order valence-corrected chi connectivity index (χ4v) is 1.30. The molecule has 0 aliphatic rings. The quantitative estimate of drug-likeness (QED) is 0.895. The maximum Gasteiger partial charge on any atom is 0.137 e. The number of nitrogens with two attached hydrogens (primary N) is 1. The molecule has 0 saturated heterocycles. The van der Waals surface area contributed by atoms with E-state index in [0.29, 0.717) is 16.5 Å². The Morgan fingerprint density at radius 2 is 2.14 bits per heavy atom. The van der Waals surface area contributed by atoms with Crippen LogP contribution in [0.1, 0.15) is 18.0 Å². The molecule has 1 atom stereocenters. The van der Waals surface area contributed by atoms with Crippen molar-refractivity contribution in [1.82, 2.24) is 0 Å². The van der Waals surface area contributed by atoms with Crippen molar-refractivity contribution in [3.63, 3.8) is 0 Å². The number of halogens is 3. The second-order valence-corrected chi connectivity index (χ2v) is 3.65. The fraction of sp³-hybridized carbons (Fsp3) is 0.333. The van der Waals surface area contributed by atoms with E-state index in [-0.39, 0.29) is 30.9 Å². The van der Waals surface area contributed by atoms with Crippen LogP contribution in [0.2, 0.25) is 0 Å². The predicted molar refractivity (Wildman–Crippen MR) is 60.0 cm³/mol. The van der Waals surface area contributed by atoms with Crippen molar-refractivity contribution in [2.24, 2.45) is 5.73 Å². The molecule has 14 heavy (non-hydrogen) atoms. The summed E-state index contributed by atoms with van der Waals surface area (Å²) in [5, 5.41) is 8.64. The molecule has 0 unspecified atom stereocenters. The van der Waals surface area contributed by atoms with Crippen LogP contribution in [-0.2, 0) is 0 Å². The summed E-state index contributed by atoms with van der Waals surface area (Å²) < 4.78 is 13.4. The van der Waals surface area contributed by atoms with Gasteiger partial charge in [-0.05, 0) is 40.0 Å². The SMILES string of the molecule is Cl.N[C@H](CCO)c1ccc(Br)c(F)c1. The number of benzene rings is 1. The Hall–Kier alpha value is -0.160. The molecule has 5 heteroatoms. The zero-order valence-electron chi connectivity index (χ0n) is 7.41. The zero-order valence-corrected chi connectivity index (χ0v) is 9.81. The molecule has 0 radical (unpaired) electrons. The van der Waals surface area contributed by atoms with Crippen LogP contribution in [0.5, 0.6) is 0 Å². The van der Waals surface area contributed by atoms with E-state index < -0.39 is 0 Å². The molecule has 0 spiro atoms. The third-order valence-electron chi connectivity index (χ3n) is 1.81. The van der Waals surface area contributed by atoms with Gasteiger partial charge in [-0.25, -0.2) is 4.39 Å². The molecule has 0 saturated carbocycles. The number of aliphatic hydroxyl groups is 1. The minimum atomic E-state index is -0.328. The summed E-state index contributed by atoms with van der Waals surface area (Å²) in [6, 6.07) is 4.44. The Morgan fingerprint density at radius 1 is 1.50 bits per heavy atom. The highest BCUT2D eigenvalue weighted by Gasteiger charge is 2.07. The highest BCUT2D eigenvalue weighted by atomic mass is 79.9. The summed E-state index contributed by atoms with van der Waals surface area (Å²) in [6.45, 7) is 0.0127. The van der Waals surface area contributed by atoms with Gasteiger partial charge in [-0.1, -0.05) is 6.07 Å². The average Bonchev–Trinajstić information content (AvgIpc) is 2.10. The number of hydrogen-bond donors (Lipinski definition) is 2. The van der Waals surface area contributed by atoms with Crippen molar-refractivity contribution in [3.8, 4) is 0 Å². The lowest BCUT2D eigenvalue weighted by atomic mass is 10.1. The number of aliphatic hydroxyl groups excluding tert-OH is 1. The lowest BCUT2D eigenvalue weighted by Crippen LogP contribution is -2.12. The zero-order chi connectivity index (χ0) is 9.84. The molecule has 0 amide bonds. The molecular formula is C9H12BrClFNO. The van der Waals surface area contributed by atoms with Crippen molar-refractivity contribution in [2.45, 2.75) is 12.5 Å². The lowest BCUT2D eigenvalue weighted by molar-refractivity contribution is 0.276. The van der Waals surface area contributed by atoms with Crippen molar-refractivity contribution >= 4 is 28.3 Å². The minimum Gasteiger partial charge on any atom is -0.396 e. The number of rotatable bonds is 3. The highest BCUT2D eigenvalue weighted by molar-refractivity contribution is 9.10. The molecule has 0 bridgehead atoms. The van der Waals surface area contributed by atoms with E-state index in [1.165, 1.54) is 6.07 Å². The monoisotopic (exact) mass is 283 g/mol. The molecule has 1 aromatic rings. The minimum absolute atomic E-state index is 0. The van der Waals surface area contributed by atoms with Crippen LogP contribution >= 0.6 is 28.3 Å². The molecule has 0 aliphatic heterocycles. The topological polar surface area (TPSA) is 46.2 Å². The maximum absolute atomic E-state index is 13.0. The van der Waals surface area contributed by atoms with Gasteiger partial charge < -0.3 is 10.8 Å². The Kier molecular flexibility index (Phi) is 6.27. The molecule has 1 rings (SSSR count). The average molecular weight is 285 g/mol. The second-order valence-electron chi connectivity index (χ2n) is 2.79. The number of hydrogen-bond acceptors (Lipinski definition) is 2. The summed E-state index contributed by atoms with van der Waals surface area (Å²) in [5.41, 5.74) is 6.39. The van der Waals surface area contributed by atoms with Crippen LogP contribution in [0.3, 0.4) is 0 Å². The largest absolute Gasteiger partial charge is 0.396 e.